The normalized spacial score (nSPS) is 18.8. The minimum atomic E-state index is -0.722. The minimum Gasteiger partial charge on any atom is -0.333 e. The third-order valence-corrected chi connectivity index (χ3v) is 4.24. The number of nitrogens with zero attached hydrogens (tertiary/aromatic N) is 1. The van der Waals surface area contributed by atoms with Crippen molar-refractivity contribution >= 4 is 17.2 Å². The zero-order valence-corrected chi connectivity index (χ0v) is 11.3. The molecule has 0 spiro atoms. The van der Waals surface area contributed by atoms with Gasteiger partial charge in [-0.25, -0.2) is 0 Å². The molecular weight excluding hydrogens is 232 g/mol. The average molecular weight is 252 g/mol. The summed E-state index contributed by atoms with van der Waals surface area (Å²) in [4.78, 5) is 15.6. The molecule has 2 rings (SSSR count). The monoisotopic (exact) mass is 252 g/mol. The molecule has 1 aromatic heterocycles. The minimum absolute atomic E-state index is 0.0934. The van der Waals surface area contributed by atoms with Crippen LogP contribution in [0.25, 0.3) is 0 Å². The fourth-order valence-electron chi connectivity index (χ4n) is 1.80. The molecule has 17 heavy (non-hydrogen) atoms. The van der Waals surface area contributed by atoms with Crippen LogP contribution in [0.1, 0.15) is 38.0 Å². The number of carbonyl (C=O) groups excluding carboxylic acids is 1. The second-order valence-corrected chi connectivity index (χ2v) is 6.05. The lowest BCUT2D eigenvalue weighted by Crippen LogP contribution is -2.53. The predicted molar refractivity (Wildman–Crippen MR) is 70.8 cm³/mol. The molecule has 1 aliphatic rings. The summed E-state index contributed by atoms with van der Waals surface area (Å²) in [5, 5.41) is 2.05. The second-order valence-electron chi connectivity index (χ2n) is 5.01. The summed E-state index contributed by atoms with van der Waals surface area (Å²) >= 11 is 1.70. The molecule has 0 bridgehead atoms. The number of amides is 1. The van der Waals surface area contributed by atoms with Gasteiger partial charge in [0.2, 0.25) is 5.91 Å². The Morgan fingerprint density at radius 1 is 1.65 bits per heavy atom. The summed E-state index contributed by atoms with van der Waals surface area (Å²) < 4.78 is 0. The van der Waals surface area contributed by atoms with E-state index >= 15 is 0 Å². The van der Waals surface area contributed by atoms with Crippen molar-refractivity contribution in [1.29, 1.82) is 0 Å². The van der Waals surface area contributed by atoms with Crippen molar-refractivity contribution in [3.05, 3.63) is 22.4 Å². The summed E-state index contributed by atoms with van der Waals surface area (Å²) in [5.41, 5.74) is 5.34. The first kappa shape index (κ1) is 12.6. The molecule has 0 aromatic carbocycles. The Kier molecular flexibility index (Phi) is 3.54. The molecule has 2 N–H and O–H groups in total. The molecule has 0 saturated heterocycles. The smallest absolute Gasteiger partial charge is 0.242 e. The Bertz CT molecular complexity index is 382. The highest BCUT2D eigenvalue weighted by molar-refractivity contribution is 7.09. The molecule has 1 unspecified atom stereocenters. The number of rotatable bonds is 5. The first-order valence-electron chi connectivity index (χ1n) is 6.17. The predicted octanol–water partition coefficient (Wildman–Crippen LogP) is 2.37. The maximum absolute atomic E-state index is 12.4. The van der Waals surface area contributed by atoms with Crippen LogP contribution in [-0.4, -0.2) is 22.4 Å². The zero-order valence-electron chi connectivity index (χ0n) is 10.5. The standard InChI is InChI=1S/C13H20N2OS/c1-3-13(2,14)12(16)15(10-6-7-10)9-11-5-4-8-17-11/h4-5,8,10H,3,6-7,9,14H2,1-2H3. The summed E-state index contributed by atoms with van der Waals surface area (Å²) in [6, 6.07) is 4.52. The molecule has 0 radical (unpaired) electrons. The number of hydrogen-bond donors (Lipinski definition) is 1. The van der Waals surface area contributed by atoms with Gasteiger partial charge in [-0.15, -0.1) is 11.3 Å². The van der Waals surface area contributed by atoms with E-state index in [0.29, 0.717) is 19.0 Å². The Morgan fingerprint density at radius 3 is 2.82 bits per heavy atom. The van der Waals surface area contributed by atoms with Crippen molar-refractivity contribution in [3.8, 4) is 0 Å². The van der Waals surface area contributed by atoms with E-state index < -0.39 is 5.54 Å². The number of thiophene rings is 1. The van der Waals surface area contributed by atoms with Crippen molar-refractivity contribution in [3.63, 3.8) is 0 Å². The maximum Gasteiger partial charge on any atom is 0.242 e. The molecule has 4 heteroatoms. The summed E-state index contributed by atoms with van der Waals surface area (Å²) in [5.74, 6) is 0.0934. The Labute approximate surface area is 107 Å². The van der Waals surface area contributed by atoms with Gasteiger partial charge in [0.05, 0.1) is 12.1 Å². The molecule has 1 heterocycles. The molecule has 1 aromatic rings. The van der Waals surface area contributed by atoms with Crippen molar-refractivity contribution in [2.24, 2.45) is 5.73 Å². The number of nitrogens with two attached hydrogens (primary N) is 1. The fourth-order valence-corrected chi connectivity index (χ4v) is 2.51. The van der Waals surface area contributed by atoms with E-state index in [-0.39, 0.29) is 5.91 Å². The number of carbonyl (C=O) groups is 1. The second kappa shape index (κ2) is 4.78. The lowest BCUT2D eigenvalue weighted by Gasteiger charge is -2.31. The quantitative estimate of drug-likeness (QED) is 0.874. The zero-order chi connectivity index (χ0) is 12.5. The van der Waals surface area contributed by atoms with Gasteiger partial charge in [-0.2, -0.15) is 0 Å². The van der Waals surface area contributed by atoms with Gasteiger partial charge in [0.25, 0.3) is 0 Å². The van der Waals surface area contributed by atoms with Gasteiger partial charge in [0, 0.05) is 10.9 Å². The maximum atomic E-state index is 12.4. The highest BCUT2D eigenvalue weighted by Crippen LogP contribution is 2.31. The van der Waals surface area contributed by atoms with E-state index in [0.717, 1.165) is 12.8 Å². The molecule has 1 fully saturated rings. The highest BCUT2D eigenvalue weighted by atomic mass is 32.1. The van der Waals surface area contributed by atoms with E-state index in [1.54, 1.807) is 11.3 Å². The van der Waals surface area contributed by atoms with Crippen LogP contribution in [0, 0.1) is 0 Å². The van der Waals surface area contributed by atoms with Gasteiger partial charge in [-0.3, -0.25) is 4.79 Å². The molecule has 94 valence electrons. The van der Waals surface area contributed by atoms with Crippen molar-refractivity contribution < 1.29 is 4.79 Å². The molecule has 1 amide bonds. The Balaban J connectivity index is 2.10. The third kappa shape index (κ3) is 2.87. The van der Waals surface area contributed by atoms with E-state index in [4.69, 9.17) is 5.73 Å². The fraction of sp³-hybridized carbons (Fsp3) is 0.615. The average Bonchev–Trinajstić information content (AvgIpc) is 3.03. The topological polar surface area (TPSA) is 46.3 Å². The number of hydrogen-bond acceptors (Lipinski definition) is 3. The third-order valence-electron chi connectivity index (χ3n) is 3.38. The highest BCUT2D eigenvalue weighted by Gasteiger charge is 2.39. The SMILES string of the molecule is CCC(C)(N)C(=O)N(Cc1cccs1)C1CC1. The van der Waals surface area contributed by atoms with Crippen molar-refractivity contribution in [1.82, 2.24) is 4.90 Å². The van der Waals surface area contributed by atoms with Gasteiger partial charge in [0.15, 0.2) is 0 Å². The lowest BCUT2D eigenvalue weighted by molar-refractivity contribution is -0.137. The summed E-state index contributed by atoms with van der Waals surface area (Å²) in [6.45, 7) is 4.52. The Hall–Kier alpha value is -0.870. The van der Waals surface area contributed by atoms with Crippen LogP contribution < -0.4 is 5.73 Å². The van der Waals surface area contributed by atoms with Crippen molar-refractivity contribution in [2.75, 3.05) is 0 Å². The first-order chi connectivity index (χ1) is 8.04. The van der Waals surface area contributed by atoms with Gasteiger partial charge < -0.3 is 10.6 Å². The molecule has 1 atom stereocenters. The lowest BCUT2D eigenvalue weighted by atomic mass is 9.98. The van der Waals surface area contributed by atoms with Crippen LogP contribution in [0.4, 0.5) is 0 Å². The van der Waals surface area contributed by atoms with Crippen LogP contribution in [-0.2, 0) is 11.3 Å². The first-order valence-corrected chi connectivity index (χ1v) is 7.05. The van der Waals surface area contributed by atoms with Gasteiger partial charge in [-0.05, 0) is 37.6 Å². The Morgan fingerprint density at radius 2 is 2.35 bits per heavy atom. The van der Waals surface area contributed by atoms with Crippen LogP contribution in [0.15, 0.2) is 17.5 Å². The van der Waals surface area contributed by atoms with Crippen molar-refractivity contribution in [2.45, 2.75) is 51.2 Å². The van der Waals surface area contributed by atoms with E-state index in [1.807, 2.05) is 30.2 Å². The van der Waals surface area contributed by atoms with Gasteiger partial charge in [-0.1, -0.05) is 13.0 Å². The van der Waals surface area contributed by atoms with Crippen LogP contribution >= 0.6 is 11.3 Å². The largest absolute Gasteiger partial charge is 0.333 e. The molecular formula is C13H20N2OS. The van der Waals surface area contributed by atoms with E-state index in [2.05, 4.69) is 6.07 Å². The molecule has 0 aliphatic heterocycles. The van der Waals surface area contributed by atoms with Crippen LogP contribution in [0.2, 0.25) is 0 Å². The van der Waals surface area contributed by atoms with Crippen LogP contribution in [0.3, 0.4) is 0 Å². The molecule has 3 nitrogen and oxygen atoms in total. The van der Waals surface area contributed by atoms with Gasteiger partial charge in [0.1, 0.15) is 0 Å². The summed E-state index contributed by atoms with van der Waals surface area (Å²) in [6.07, 6.45) is 2.92. The van der Waals surface area contributed by atoms with E-state index in [9.17, 15) is 4.79 Å². The van der Waals surface area contributed by atoms with E-state index in [1.165, 1.54) is 4.88 Å². The van der Waals surface area contributed by atoms with Gasteiger partial charge >= 0.3 is 0 Å². The molecule has 1 aliphatic carbocycles. The molecule has 1 saturated carbocycles. The van der Waals surface area contributed by atoms with Crippen LogP contribution in [0.5, 0.6) is 0 Å². The summed E-state index contributed by atoms with van der Waals surface area (Å²) in [7, 11) is 0.